The van der Waals surface area contributed by atoms with E-state index in [-0.39, 0.29) is 5.82 Å². The monoisotopic (exact) mass is 219 g/mol. The van der Waals surface area contributed by atoms with Gasteiger partial charge in [0.05, 0.1) is 5.56 Å². The Morgan fingerprint density at radius 1 is 1.38 bits per heavy atom. The van der Waals surface area contributed by atoms with Crippen molar-refractivity contribution in [2.24, 2.45) is 0 Å². The highest BCUT2D eigenvalue weighted by Crippen LogP contribution is 2.21. The minimum absolute atomic E-state index is 0.245. The van der Waals surface area contributed by atoms with E-state index in [1.807, 2.05) is 17.6 Å². The molecule has 16 heavy (non-hydrogen) atoms. The quantitative estimate of drug-likeness (QED) is 0.794. The average molecular weight is 219 g/mol. The molecule has 0 aliphatic rings. The van der Waals surface area contributed by atoms with Gasteiger partial charge in [-0.25, -0.2) is 4.39 Å². The molecule has 0 amide bonds. The van der Waals surface area contributed by atoms with Crippen molar-refractivity contribution in [2.45, 2.75) is 26.8 Å². The molecule has 0 fully saturated rings. The van der Waals surface area contributed by atoms with Crippen LogP contribution in [0.3, 0.4) is 0 Å². The third kappa shape index (κ3) is 1.96. The van der Waals surface area contributed by atoms with Crippen LogP contribution in [0.1, 0.15) is 18.9 Å². The summed E-state index contributed by atoms with van der Waals surface area (Å²) in [6.07, 6.45) is 2.61. The van der Waals surface area contributed by atoms with E-state index < -0.39 is 0 Å². The summed E-state index contributed by atoms with van der Waals surface area (Å²) in [5, 5.41) is 7.80. The van der Waals surface area contributed by atoms with Gasteiger partial charge in [-0.3, -0.25) is 0 Å². The van der Waals surface area contributed by atoms with Gasteiger partial charge in [0.2, 0.25) is 0 Å². The molecule has 0 unspecified atom stereocenters. The van der Waals surface area contributed by atoms with Crippen LogP contribution in [-0.2, 0) is 6.54 Å². The molecule has 0 saturated heterocycles. The topological polar surface area (TPSA) is 30.7 Å². The second-order valence-electron chi connectivity index (χ2n) is 3.83. The largest absolute Gasteiger partial charge is 0.314 e. The molecule has 0 N–H and O–H groups in total. The molecule has 1 heterocycles. The summed E-state index contributed by atoms with van der Waals surface area (Å²) in [4.78, 5) is 0. The molecule has 0 saturated carbocycles. The molecule has 84 valence electrons. The van der Waals surface area contributed by atoms with Crippen LogP contribution in [0.5, 0.6) is 0 Å². The zero-order chi connectivity index (χ0) is 11.5. The first-order chi connectivity index (χ1) is 7.72. The van der Waals surface area contributed by atoms with E-state index in [9.17, 15) is 4.39 Å². The maximum Gasteiger partial charge on any atom is 0.166 e. The molecule has 0 spiro atoms. The Morgan fingerprint density at radius 2 is 2.19 bits per heavy atom. The summed E-state index contributed by atoms with van der Waals surface area (Å²) in [5.41, 5.74) is 1.42. The van der Waals surface area contributed by atoms with Gasteiger partial charge in [0.15, 0.2) is 5.82 Å². The van der Waals surface area contributed by atoms with Crippen LogP contribution in [-0.4, -0.2) is 14.8 Å². The summed E-state index contributed by atoms with van der Waals surface area (Å²) in [5.74, 6) is 0.352. The van der Waals surface area contributed by atoms with Gasteiger partial charge in [-0.2, -0.15) is 0 Å². The number of halogens is 1. The third-order valence-electron chi connectivity index (χ3n) is 2.45. The van der Waals surface area contributed by atoms with Crippen molar-refractivity contribution < 1.29 is 4.39 Å². The standard InChI is InChI=1S/C12H14FN3/c1-3-6-16-8-14-15-12(16)10-5-4-9(2)7-11(10)13/h4-5,7-8H,3,6H2,1-2H3. The Labute approximate surface area is 93.9 Å². The summed E-state index contributed by atoms with van der Waals surface area (Å²) >= 11 is 0. The number of hydrogen-bond acceptors (Lipinski definition) is 2. The fraction of sp³-hybridized carbons (Fsp3) is 0.333. The van der Waals surface area contributed by atoms with Crippen LogP contribution < -0.4 is 0 Å². The fourth-order valence-corrected chi connectivity index (χ4v) is 1.67. The normalized spacial score (nSPS) is 10.7. The van der Waals surface area contributed by atoms with Gasteiger partial charge < -0.3 is 4.57 Å². The number of nitrogens with zero attached hydrogens (tertiary/aromatic N) is 3. The predicted octanol–water partition coefficient (Wildman–Crippen LogP) is 2.80. The molecule has 2 rings (SSSR count). The molecular weight excluding hydrogens is 205 g/mol. The van der Waals surface area contributed by atoms with Crippen molar-refractivity contribution in [3.63, 3.8) is 0 Å². The van der Waals surface area contributed by atoms with Crippen molar-refractivity contribution in [3.05, 3.63) is 35.9 Å². The number of benzene rings is 1. The van der Waals surface area contributed by atoms with Gasteiger partial charge in [0.1, 0.15) is 12.1 Å². The van der Waals surface area contributed by atoms with Crippen LogP contribution in [0.2, 0.25) is 0 Å². The molecule has 0 aliphatic carbocycles. The first-order valence-electron chi connectivity index (χ1n) is 5.36. The molecule has 0 bridgehead atoms. The first kappa shape index (κ1) is 10.8. The van der Waals surface area contributed by atoms with E-state index in [0.29, 0.717) is 11.4 Å². The average Bonchev–Trinajstić information content (AvgIpc) is 2.67. The lowest BCUT2D eigenvalue weighted by Gasteiger charge is -2.06. The van der Waals surface area contributed by atoms with E-state index in [1.54, 1.807) is 12.4 Å². The van der Waals surface area contributed by atoms with Crippen molar-refractivity contribution >= 4 is 0 Å². The van der Waals surface area contributed by atoms with Crippen LogP contribution in [0.15, 0.2) is 24.5 Å². The lowest BCUT2D eigenvalue weighted by Crippen LogP contribution is -2.00. The van der Waals surface area contributed by atoms with Crippen LogP contribution in [0.25, 0.3) is 11.4 Å². The van der Waals surface area contributed by atoms with Crippen molar-refractivity contribution in [3.8, 4) is 11.4 Å². The van der Waals surface area contributed by atoms with E-state index in [4.69, 9.17) is 0 Å². The summed E-state index contributed by atoms with van der Waals surface area (Å²) < 4.78 is 15.6. The third-order valence-corrected chi connectivity index (χ3v) is 2.45. The molecule has 3 nitrogen and oxygen atoms in total. The molecule has 4 heteroatoms. The highest BCUT2D eigenvalue weighted by Gasteiger charge is 2.11. The number of aromatic nitrogens is 3. The zero-order valence-electron chi connectivity index (χ0n) is 9.44. The van der Waals surface area contributed by atoms with E-state index in [1.165, 1.54) is 6.07 Å². The molecule has 0 radical (unpaired) electrons. The summed E-state index contributed by atoms with van der Waals surface area (Å²) in [6, 6.07) is 5.14. The van der Waals surface area contributed by atoms with Crippen LogP contribution in [0.4, 0.5) is 4.39 Å². The van der Waals surface area contributed by atoms with Crippen molar-refractivity contribution in [1.82, 2.24) is 14.8 Å². The van der Waals surface area contributed by atoms with Crippen LogP contribution >= 0.6 is 0 Å². The smallest absolute Gasteiger partial charge is 0.166 e. The van der Waals surface area contributed by atoms with Crippen LogP contribution in [0, 0.1) is 12.7 Å². The molecule has 1 aromatic carbocycles. The molecule has 2 aromatic rings. The lowest BCUT2D eigenvalue weighted by molar-refractivity contribution is 0.623. The molecule has 0 atom stereocenters. The maximum atomic E-state index is 13.8. The summed E-state index contributed by atoms with van der Waals surface area (Å²) in [6.45, 7) is 4.73. The molecular formula is C12H14FN3. The van der Waals surface area contributed by atoms with Crippen molar-refractivity contribution in [2.75, 3.05) is 0 Å². The summed E-state index contributed by atoms with van der Waals surface area (Å²) in [7, 11) is 0. The van der Waals surface area contributed by atoms with E-state index in [2.05, 4.69) is 17.1 Å². The Bertz CT molecular complexity index is 491. The van der Waals surface area contributed by atoms with Gasteiger partial charge >= 0.3 is 0 Å². The minimum Gasteiger partial charge on any atom is -0.314 e. The van der Waals surface area contributed by atoms with Gasteiger partial charge in [0, 0.05) is 6.54 Å². The maximum absolute atomic E-state index is 13.8. The van der Waals surface area contributed by atoms with E-state index in [0.717, 1.165) is 18.5 Å². The second kappa shape index (κ2) is 4.43. The minimum atomic E-state index is -0.245. The molecule has 1 aromatic heterocycles. The highest BCUT2D eigenvalue weighted by atomic mass is 19.1. The second-order valence-corrected chi connectivity index (χ2v) is 3.83. The van der Waals surface area contributed by atoms with Gasteiger partial charge in [-0.1, -0.05) is 13.0 Å². The first-order valence-corrected chi connectivity index (χ1v) is 5.36. The zero-order valence-corrected chi connectivity index (χ0v) is 9.44. The highest BCUT2D eigenvalue weighted by molar-refractivity contribution is 5.56. The van der Waals surface area contributed by atoms with Gasteiger partial charge in [0.25, 0.3) is 0 Å². The number of hydrogen-bond donors (Lipinski definition) is 0. The van der Waals surface area contributed by atoms with E-state index >= 15 is 0 Å². The number of rotatable bonds is 3. The fourth-order valence-electron chi connectivity index (χ4n) is 1.67. The number of aryl methyl sites for hydroxylation is 2. The lowest BCUT2D eigenvalue weighted by atomic mass is 10.1. The predicted molar refractivity (Wildman–Crippen MR) is 60.4 cm³/mol. The SMILES string of the molecule is CCCn1cnnc1-c1ccc(C)cc1F. The Hall–Kier alpha value is -1.71. The molecule has 0 aliphatic heterocycles. The Balaban J connectivity index is 2.46. The van der Waals surface area contributed by atoms with Crippen molar-refractivity contribution in [1.29, 1.82) is 0 Å². The Morgan fingerprint density at radius 3 is 2.88 bits per heavy atom. The van der Waals surface area contributed by atoms with Gasteiger partial charge in [-0.15, -0.1) is 10.2 Å². The van der Waals surface area contributed by atoms with Gasteiger partial charge in [-0.05, 0) is 31.0 Å². The Kier molecular flexibility index (Phi) is 2.99.